The van der Waals surface area contributed by atoms with Crippen LogP contribution in [0.5, 0.6) is 0 Å². The third-order valence-corrected chi connectivity index (χ3v) is 4.40. The summed E-state index contributed by atoms with van der Waals surface area (Å²) in [6.45, 7) is 8.61. The van der Waals surface area contributed by atoms with E-state index in [1.165, 1.54) is 0 Å². The van der Waals surface area contributed by atoms with Gasteiger partial charge < -0.3 is 10.6 Å². The summed E-state index contributed by atoms with van der Waals surface area (Å²) in [7, 11) is 0. The Morgan fingerprint density at radius 1 is 1.07 bits per heavy atom. The third kappa shape index (κ3) is 4.00. The molecule has 0 unspecified atom stereocenters. The van der Waals surface area contributed by atoms with E-state index in [0.717, 1.165) is 11.1 Å². The number of nitrogens with one attached hydrogen (secondary N) is 2. The van der Waals surface area contributed by atoms with Crippen LogP contribution in [0.15, 0.2) is 42.6 Å². The Balaban J connectivity index is 1.93. The number of imidazole rings is 1. The van der Waals surface area contributed by atoms with Gasteiger partial charge in [0.2, 0.25) is 5.82 Å². The van der Waals surface area contributed by atoms with Crippen LogP contribution in [0.1, 0.15) is 46.1 Å². The number of pyridine rings is 1. The van der Waals surface area contributed by atoms with E-state index >= 15 is 0 Å². The number of rotatable bonds is 5. The first-order valence-corrected chi connectivity index (χ1v) is 9.00. The zero-order valence-corrected chi connectivity index (χ0v) is 16.0. The second kappa shape index (κ2) is 7.61. The highest BCUT2D eigenvalue weighted by atomic mass is 16.2. The molecule has 0 atom stereocenters. The number of fused-ring (bicyclic) bond motifs is 1. The van der Waals surface area contributed by atoms with Gasteiger partial charge in [0.05, 0.1) is 5.52 Å². The molecular weight excluding hydrogens is 340 g/mol. The molecule has 6 nitrogen and oxygen atoms in total. The first-order chi connectivity index (χ1) is 12.9. The summed E-state index contributed by atoms with van der Waals surface area (Å²) in [5.41, 5.74) is 3.80. The van der Waals surface area contributed by atoms with E-state index < -0.39 is 0 Å². The van der Waals surface area contributed by atoms with Crippen LogP contribution in [0.2, 0.25) is 0 Å². The number of nitrogens with zero attached hydrogens (tertiary/aromatic N) is 2. The van der Waals surface area contributed by atoms with E-state index in [4.69, 9.17) is 0 Å². The van der Waals surface area contributed by atoms with Crippen LogP contribution in [0, 0.1) is 19.8 Å². The Bertz CT molecular complexity index is 1000. The van der Waals surface area contributed by atoms with Gasteiger partial charge in [-0.15, -0.1) is 0 Å². The molecule has 0 aliphatic rings. The largest absolute Gasteiger partial charge is 0.350 e. The highest BCUT2D eigenvalue weighted by molar-refractivity contribution is 6.06. The predicted molar refractivity (Wildman–Crippen MR) is 106 cm³/mol. The molecule has 0 aliphatic carbocycles. The van der Waals surface area contributed by atoms with Crippen molar-refractivity contribution in [1.82, 2.24) is 14.7 Å². The number of aryl methyl sites for hydroxylation is 2. The summed E-state index contributed by atoms with van der Waals surface area (Å²) in [6.07, 6.45) is 1.73. The molecule has 2 amide bonds. The van der Waals surface area contributed by atoms with Crippen molar-refractivity contribution >= 4 is 23.0 Å². The maximum Gasteiger partial charge on any atom is 0.292 e. The van der Waals surface area contributed by atoms with Crippen molar-refractivity contribution in [3.63, 3.8) is 0 Å². The number of anilines is 1. The Hall–Kier alpha value is -3.15. The second-order valence-electron chi connectivity index (χ2n) is 7.10. The average Bonchev–Trinajstić information content (AvgIpc) is 3.02. The lowest BCUT2D eigenvalue weighted by Gasteiger charge is -2.07. The summed E-state index contributed by atoms with van der Waals surface area (Å²) >= 11 is 0. The van der Waals surface area contributed by atoms with Crippen molar-refractivity contribution < 1.29 is 9.59 Å². The fraction of sp³-hybridized carbons (Fsp3) is 0.286. The molecule has 2 heterocycles. The smallest absolute Gasteiger partial charge is 0.292 e. The molecule has 140 valence electrons. The molecule has 2 aromatic heterocycles. The molecular formula is C21H24N4O2. The molecule has 6 heteroatoms. The number of carbonyl (C=O) groups is 2. The first kappa shape index (κ1) is 18.6. The van der Waals surface area contributed by atoms with Crippen LogP contribution in [0.25, 0.3) is 5.52 Å². The monoisotopic (exact) mass is 364 g/mol. The Kier molecular flexibility index (Phi) is 5.26. The fourth-order valence-electron chi connectivity index (χ4n) is 2.75. The highest BCUT2D eigenvalue weighted by Gasteiger charge is 2.21. The molecule has 0 saturated carbocycles. The van der Waals surface area contributed by atoms with Gasteiger partial charge in [-0.05, 0) is 55.2 Å². The van der Waals surface area contributed by atoms with Gasteiger partial charge in [-0.25, -0.2) is 4.98 Å². The van der Waals surface area contributed by atoms with Crippen LogP contribution in [-0.4, -0.2) is 27.7 Å². The van der Waals surface area contributed by atoms with Crippen molar-refractivity contribution in [3.05, 3.63) is 65.2 Å². The van der Waals surface area contributed by atoms with E-state index in [-0.39, 0.29) is 23.3 Å². The zero-order chi connectivity index (χ0) is 19.6. The van der Waals surface area contributed by atoms with Crippen molar-refractivity contribution in [3.8, 4) is 0 Å². The van der Waals surface area contributed by atoms with Crippen LogP contribution >= 0.6 is 0 Å². The molecule has 27 heavy (non-hydrogen) atoms. The van der Waals surface area contributed by atoms with Gasteiger partial charge >= 0.3 is 0 Å². The summed E-state index contributed by atoms with van der Waals surface area (Å²) < 4.78 is 1.64. The summed E-state index contributed by atoms with van der Waals surface area (Å²) in [5.74, 6) is -0.131. The van der Waals surface area contributed by atoms with Gasteiger partial charge in [-0.3, -0.25) is 14.0 Å². The number of aromatic nitrogens is 2. The molecule has 3 aromatic rings. The fourth-order valence-corrected chi connectivity index (χ4v) is 2.75. The second-order valence-corrected chi connectivity index (χ2v) is 7.10. The quantitative estimate of drug-likeness (QED) is 0.726. The van der Waals surface area contributed by atoms with Crippen molar-refractivity contribution in [2.45, 2.75) is 27.7 Å². The van der Waals surface area contributed by atoms with Crippen LogP contribution in [0.4, 0.5) is 5.69 Å². The minimum Gasteiger partial charge on any atom is -0.350 e. The minimum atomic E-state index is -0.359. The van der Waals surface area contributed by atoms with Crippen molar-refractivity contribution in [2.75, 3.05) is 11.9 Å². The molecule has 0 saturated heterocycles. The van der Waals surface area contributed by atoms with Gasteiger partial charge in [-0.1, -0.05) is 26.0 Å². The lowest BCUT2D eigenvalue weighted by Crippen LogP contribution is -2.27. The van der Waals surface area contributed by atoms with Crippen molar-refractivity contribution in [2.24, 2.45) is 5.92 Å². The number of amides is 2. The molecule has 0 fully saturated rings. The third-order valence-electron chi connectivity index (χ3n) is 4.40. The van der Waals surface area contributed by atoms with E-state index in [1.54, 1.807) is 22.7 Å². The van der Waals surface area contributed by atoms with Gasteiger partial charge in [0.1, 0.15) is 0 Å². The summed E-state index contributed by atoms with van der Waals surface area (Å²) in [6, 6.07) is 11.1. The number of benzene rings is 1. The lowest BCUT2D eigenvalue weighted by atomic mass is 10.1. The van der Waals surface area contributed by atoms with Crippen LogP contribution < -0.4 is 10.6 Å². The maximum absolute atomic E-state index is 12.8. The van der Waals surface area contributed by atoms with Gasteiger partial charge in [0, 0.05) is 18.4 Å². The van der Waals surface area contributed by atoms with Gasteiger partial charge in [0.25, 0.3) is 11.8 Å². The normalized spacial score (nSPS) is 11.0. The summed E-state index contributed by atoms with van der Waals surface area (Å²) in [4.78, 5) is 29.7. The van der Waals surface area contributed by atoms with Gasteiger partial charge in [-0.2, -0.15) is 0 Å². The number of carbonyl (C=O) groups excluding carboxylic acids is 2. The Morgan fingerprint density at radius 2 is 1.85 bits per heavy atom. The molecule has 0 aliphatic heterocycles. The molecule has 0 radical (unpaired) electrons. The van der Waals surface area contributed by atoms with Crippen LogP contribution in [0.3, 0.4) is 0 Å². The Labute approximate surface area is 158 Å². The van der Waals surface area contributed by atoms with Gasteiger partial charge in [0.15, 0.2) is 5.69 Å². The Morgan fingerprint density at radius 3 is 2.56 bits per heavy atom. The van der Waals surface area contributed by atoms with E-state index in [9.17, 15) is 9.59 Å². The standard InChI is InChI=1S/C21H24N4O2/c1-13(2)12-22-20(26)18-17-7-5-6-10-25(17)19(24-18)21(27)23-16-9-8-14(3)15(4)11-16/h5-11,13H,12H2,1-4H3,(H,22,26)(H,23,27). The SMILES string of the molecule is Cc1ccc(NC(=O)c2nc(C(=O)NCC(C)C)c3ccccn23)cc1C. The lowest BCUT2D eigenvalue weighted by molar-refractivity contribution is 0.0946. The number of hydrogen-bond donors (Lipinski definition) is 2. The van der Waals surface area contributed by atoms with E-state index in [1.807, 2.05) is 52.0 Å². The highest BCUT2D eigenvalue weighted by Crippen LogP contribution is 2.17. The topological polar surface area (TPSA) is 75.5 Å². The van der Waals surface area contributed by atoms with E-state index in [0.29, 0.717) is 23.7 Å². The maximum atomic E-state index is 12.8. The predicted octanol–water partition coefficient (Wildman–Crippen LogP) is 3.59. The molecule has 0 bridgehead atoms. The number of hydrogen-bond acceptors (Lipinski definition) is 3. The van der Waals surface area contributed by atoms with Crippen molar-refractivity contribution in [1.29, 1.82) is 0 Å². The average molecular weight is 364 g/mol. The molecule has 3 rings (SSSR count). The van der Waals surface area contributed by atoms with Crippen LogP contribution in [-0.2, 0) is 0 Å². The summed E-state index contributed by atoms with van der Waals surface area (Å²) in [5, 5.41) is 5.73. The zero-order valence-electron chi connectivity index (χ0n) is 16.0. The molecule has 2 N–H and O–H groups in total. The molecule has 1 aromatic carbocycles. The first-order valence-electron chi connectivity index (χ1n) is 9.00. The molecule has 0 spiro atoms. The minimum absolute atomic E-state index is 0.179. The van der Waals surface area contributed by atoms with E-state index in [2.05, 4.69) is 15.6 Å².